The predicted molar refractivity (Wildman–Crippen MR) is 75.0 cm³/mol. The number of carbonyl (C=O) groups is 1. The predicted octanol–water partition coefficient (Wildman–Crippen LogP) is 2.96. The van der Waals surface area contributed by atoms with Gasteiger partial charge in [0.05, 0.1) is 0 Å². The number of rotatable bonds is 5. The molecule has 3 heteroatoms. The maximum Gasteiger partial charge on any atom is 0.251 e. The molecule has 0 heterocycles. The van der Waals surface area contributed by atoms with E-state index in [-0.39, 0.29) is 5.91 Å². The van der Waals surface area contributed by atoms with E-state index in [1.165, 1.54) is 0 Å². The van der Waals surface area contributed by atoms with Crippen LogP contribution in [0.15, 0.2) is 18.2 Å². The first-order valence-corrected chi connectivity index (χ1v) is 6.81. The third kappa shape index (κ3) is 2.84. The van der Waals surface area contributed by atoms with E-state index in [0.29, 0.717) is 12.0 Å². The highest BCUT2D eigenvalue weighted by Gasteiger charge is 2.36. The normalized spacial score (nSPS) is 21.5. The zero-order valence-corrected chi connectivity index (χ0v) is 11.4. The van der Waals surface area contributed by atoms with Gasteiger partial charge in [0, 0.05) is 23.8 Å². The van der Waals surface area contributed by atoms with Gasteiger partial charge < -0.3 is 10.6 Å². The molecule has 98 valence electrons. The summed E-state index contributed by atoms with van der Waals surface area (Å²) in [6.07, 6.45) is 2.29. The first-order chi connectivity index (χ1) is 8.65. The van der Waals surface area contributed by atoms with Gasteiger partial charge in [0.25, 0.3) is 5.91 Å². The van der Waals surface area contributed by atoms with E-state index in [4.69, 9.17) is 0 Å². The molecular weight excluding hydrogens is 224 g/mol. The van der Waals surface area contributed by atoms with E-state index in [1.807, 2.05) is 25.1 Å². The molecule has 2 unspecified atom stereocenters. The Hall–Kier alpha value is -1.51. The average Bonchev–Trinajstić information content (AvgIpc) is 3.08. The van der Waals surface area contributed by atoms with Crippen LogP contribution in [0.3, 0.4) is 0 Å². The van der Waals surface area contributed by atoms with Crippen LogP contribution in [0, 0.1) is 12.8 Å². The molecule has 1 fully saturated rings. The highest BCUT2D eigenvalue weighted by molar-refractivity contribution is 5.96. The van der Waals surface area contributed by atoms with Crippen LogP contribution in [0.4, 0.5) is 5.69 Å². The minimum absolute atomic E-state index is 0.0662. The van der Waals surface area contributed by atoms with Gasteiger partial charge in [-0.2, -0.15) is 0 Å². The number of anilines is 1. The fourth-order valence-corrected chi connectivity index (χ4v) is 2.35. The minimum atomic E-state index is 0.0662. The van der Waals surface area contributed by atoms with E-state index >= 15 is 0 Å². The van der Waals surface area contributed by atoms with Crippen LogP contribution in [-0.4, -0.2) is 18.5 Å². The molecule has 0 radical (unpaired) electrons. The van der Waals surface area contributed by atoms with Crippen molar-refractivity contribution < 1.29 is 4.79 Å². The highest BCUT2D eigenvalue weighted by Crippen LogP contribution is 2.33. The van der Waals surface area contributed by atoms with Crippen LogP contribution >= 0.6 is 0 Å². The fraction of sp³-hybridized carbons (Fsp3) is 0.533. The number of hydrogen-bond acceptors (Lipinski definition) is 2. The maximum atomic E-state index is 12.1. The Morgan fingerprint density at radius 3 is 2.72 bits per heavy atom. The van der Waals surface area contributed by atoms with Crippen molar-refractivity contribution in [2.45, 2.75) is 39.7 Å². The molecule has 1 saturated carbocycles. The van der Waals surface area contributed by atoms with Crippen molar-refractivity contribution in [2.75, 3.05) is 11.9 Å². The Morgan fingerprint density at radius 2 is 2.17 bits per heavy atom. The molecule has 2 rings (SSSR count). The molecule has 3 nitrogen and oxygen atoms in total. The number of carbonyl (C=O) groups excluding carboxylic acids is 1. The van der Waals surface area contributed by atoms with Gasteiger partial charge in [-0.1, -0.05) is 13.3 Å². The first kappa shape index (κ1) is 12.9. The lowest BCUT2D eigenvalue weighted by Gasteiger charge is -2.10. The van der Waals surface area contributed by atoms with Crippen LogP contribution in [0.25, 0.3) is 0 Å². The van der Waals surface area contributed by atoms with Gasteiger partial charge in [-0.15, -0.1) is 0 Å². The largest absolute Gasteiger partial charge is 0.385 e. The monoisotopic (exact) mass is 246 g/mol. The summed E-state index contributed by atoms with van der Waals surface area (Å²) in [4.78, 5) is 12.1. The van der Waals surface area contributed by atoms with Gasteiger partial charge in [-0.3, -0.25) is 4.79 Å². The van der Waals surface area contributed by atoms with Crippen LogP contribution in [0.5, 0.6) is 0 Å². The van der Waals surface area contributed by atoms with Crippen LogP contribution in [0.2, 0.25) is 0 Å². The molecule has 2 N–H and O–H groups in total. The summed E-state index contributed by atoms with van der Waals surface area (Å²) in [6.45, 7) is 7.12. The highest BCUT2D eigenvalue weighted by atomic mass is 16.1. The SMILES string of the molecule is CCNc1ccc(C(=O)NC2CC2CC)c(C)c1. The molecule has 0 spiro atoms. The van der Waals surface area contributed by atoms with E-state index in [1.54, 1.807) is 0 Å². The third-order valence-electron chi connectivity index (χ3n) is 3.62. The minimum Gasteiger partial charge on any atom is -0.385 e. The quantitative estimate of drug-likeness (QED) is 0.838. The van der Waals surface area contributed by atoms with Crippen molar-refractivity contribution in [3.63, 3.8) is 0 Å². The van der Waals surface area contributed by atoms with Gasteiger partial charge in [0.2, 0.25) is 0 Å². The van der Waals surface area contributed by atoms with Gasteiger partial charge in [0.1, 0.15) is 0 Å². The molecule has 1 aromatic carbocycles. The molecular formula is C15H22N2O. The molecule has 1 aliphatic carbocycles. The molecule has 1 aliphatic rings. The second-order valence-corrected chi connectivity index (χ2v) is 5.04. The van der Waals surface area contributed by atoms with Crippen molar-refractivity contribution in [2.24, 2.45) is 5.92 Å². The van der Waals surface area contributed by atoms with Crippen LogP contribution in [0.1, 0.15) is 42.6 Å². The summed E-state index contributed by atoms with van der Waals surface area (Å²) in [5.41, 5.74) is 2.89. The number of nitrogens with one attached hydrogen (secondary N) is 2. The standard InChI is InChI=1S/C15H22N2O/c1-4-11-9-14(11)17-15(18)13-7-6-12(16-5-2)8-10(13)3/h6-8,11,14,16H,4-5,9H2,1-3H3,(H,17,18). The zero-order chi connectivity index (χ0) is 13.1. The summed E-state index contributed by atoms with van der Waals surface area (Å²) in [6, 6.07) is 6.31. The van der Waals surface area contributed by atoms with Gasteiger partial charge in [-0.05, 0) is 49.9 Å². The Morgan fingerprint density at radius 1 is 1.39 bits per heavy atom. The number of hydrogen-bond donors (Lipinski definition) is 2. The molecule has 0 saturated heterocycles. The average molecular weight is 246 g/mol. The van der Waals surface area contributed by atoms with E-state index in [9.17, 15) is 4.79 Å². The summed E-state index contributed by atoms with van der Waals surface area (Å²) in [5.74, 6) is 0.756. The smallest absolute Gasteiger partial charge is 0.251 e. The second kappa shape index (κ2) is 5.42. The molecule has 18 heavy (non-hydrogen) atoms. The first-order valence-electron chi connectivity index (χ1n) is 6.81. The molecule has 1 aromatic rings. The number of aryl methyl sites for hydroxylation is 1. The molecule has 1 amide bonds. The Labute approximate surface area is 109 Å². The van der Waals surface area contributed by atoms with E-state index in [0.717, 1.165) is 36.2 Å². The van der Waals surface area contributed by atoms with Crippen molar-refractivity contribution in [1.29, 1.82) is 0 Å². The zero-order valence-electron chi connectivity index (χ0n) is 11.4. The van der Waals surface area contributed by atoms with Gasteiger partial charge in [0.15, 0.2) is 0 Å². The van der Waals surface area contributed by atoms with E-state index < -0.39 is 0 Å². The van der Waals surface area contributed by atoms with Crippen LogP contribution < -0.4 is 10.6 Å². The van der Waals surface area contributed by atoms with Gasteiger partial charge >= 0.3 is 0 Å². The lowest BCUT2D eigenvalue weighted by molar-refractivity contribution is 0.0948. The van der Waals surface area contributed by atoms with Crippen molar-refractivity contribution in [3.05, 3.63) is 29.3 Å². The van der Waals surface area contributed by atoms with Crippen molar-refractivity contribution >= 4 is 11.6 Å². The third-order valence-corrected chi connectivity index (χ3v) is 3.62. The van der Waals surface area contributed by atoms with E-state index in [2.05, 4.69) is 24.5 Å². The molecule has 0 bridgehead atoms. The summed E-state index contributed by atoms with van der Waals surface area (Å²) < 4.78 is 0. The van der Waals surface area contributed by atoms with Gasteiger partial charge in [-0.25, -0.2) is 0 Å². The maximum absolute atomic E-state index is 12.1. The van der Waals surface area contributed by atoms with Crippen molar-refractivity contribution in [1.82, 2.24) is 5.32 Å². The van der Waals surface area contributed by atoms with Crippen LogP contribution in [-0.2, 0) is 0 Å². The Kier molecular flexibility index (Phi) is 3.90. The Balaban J connectivity index is 2.02. The summed E-state index contributed by atoms with van der Waals surface area (Å²) in [7, 11) is 0. The summed E-state index contributed by atoms with van der Waals surface area (Å²) >= 11 is 0. The summed E-state index contributed by atoms with van der Waals surface area (Å²) in [5, 5.41) is 6.36. The lowest BCUT2D eigenvalue weighted by atomic mass is 10.1. The Bertz CT molecular complexity index is 442. The molecule has 2 atom stereocenters. The molecule has 0 aliphatic heterocycles. The number of amides is 1. The topological polar surface area (TPSA) is 41.1 Å². The van der Waals surface area contributed by atoms with Crippen molar-refractivity contribution in [3.8, 4) is 0 Å². The number of benzene rings is 1. The second-order valence-electron chi connectivity index (χ2n) is 5.04. The molecule has 0 aromatic heterocycles. The lowest BCUT2D eigenvalue weighted by Crippen LogP contribution is -2.27. The fourth-order valence-electron chi connectivity index (χ4n) is 2.35.